The number of likely N-dealkylation sites (tertiary alicyclic amines) is 1. The van der Waals surface area contributed by atoms with Gasteiger partial charge in [0.25, 0.3) is 0 Å². The molecule has 3 aromatic rings. The lowest BCUT2D eigenvalue weighted by Crippen LogP contribution is -2.41. The van der Waals surface area contributed by atoms with Crippen molar-refractivity contribution >= 4 is 16.8 Å². The number of hydrogen-bond donors (Lipinski definition) is 2. The first-order valence-corrected chi connectivity index (χ1v) is 8.60. The molecule has 1 amide bonds. The molecule has 0 bridgehead atoms. The van der Waals surface area contributed by atoms with Crippen LogP contribution in [0, 0.1) is 5.92 Å². The van der Waals surface area contributed by atoms with Crippen LogP contribution in [0.4, 0.5) is 0 Å². The molecule has 0 aliphatic carbocycles. The number of fused-ring (bicyclic) bond motifs is 1. The summed E-state index contributed by atoms with van der Waals surface area (Å²) >= 11 is 0. The molecule has 2 N–H and O–H groups in total. The van der Waals surface area contributed by atoms with Gasteiger partial charge in [-0.15, -0.1) is 0 Å². The van der Waals surface area contributed by atoms with Gasteiger partial charge >= 0.3 is 0 Å². The number of hydrogen-bond acceptors (Lipinski definition) is 2. The second kappa shape index (κ2) is 6.51. The quantitative estimate of drug-likeness (QED) is 0.776. The molecule has 1 saturated heterocycles. The summed E-state index contributed by atoms with van der Waals surface area (Å²) in [7, 11) is 0. The molecule has 5 nitrogen and oxygen atoms in total. The van der Waals surface area contributed by atoms with Crippen LogP contribution < -0.4 is 0 Å². The molecule has 1 aliphatic heterocycles. The number of carbonyl (C=O) groups is 1. The number of H-pyrrole nitrogens is 2. The summed E-state index contributed by atoms with van der Waals surface area (Å²) in [5.74, 6) is 0.750. The Morgan fingerprint density at radius 1 is 1.29 bits per heavy atom. The second-order valence-corrected chi connectivity index (χ2v) is 6.67. The molecule has 1 aromatic carbocycles. The maximum Gasteiger partial charge on any atom is 0.227 e. The van der Waals surface area contributed by atoms with Crippen LogP contribution in [-0.2, 0) is 17.6 Å². The predicted molar refractivity (Wildman–Crippen MR) is 93.6 cm³/mol. The Bertz CT molecular complexity index is 821. The summed E-state index contributed by atoms with van der Waals surface area (Å²) in [6.45, 7) is 1.72. The molecule has 1 unspecified atom stereocenters. The summed E-state index contributed by atoms with van der Waals surface area (Å²) in [5.41, 5.74) is 3.34. The summed E-state index contributed by atoms with van der Waals surface area (Å²) in [6, 6.07) is 10.2. The lowest BCUT2D eigenvalue weighted by molar-refractivity contribution is -0.132. The van der Waals surface area contributed by atoms with Crippen LogP contribution in [0.25, 0.3) is 10.9 Å². The first-order chi connectivity index (χ1) is 11.8. The molecular weight excluding hydrogens is 300 g/mol. The van der Waals surface area contributed by atoms with Crippen LogP contribution in [0.2, 0.25) is 0 Å². The van der Waals surface area contributed by atoms with Crippen molar-refractivity contribution in [1.82, 2.24) is 20.1 Å². The molecule has 0 radical (unpaired) electrons. The van der Waals surface area contributed by atoms with Crippen molar-refractivity contribution in [2.75, 3.05) is 13.1 Å². The zero-order valence-electron chi connectivity index (χ0n) is 13.7. The average molecular weight is 322 g/mol. The summed E-state index contributed by atoms with van der Waals surface area (Å²) in [5, 5.41) is 8.19. The fraction of sp³-hybridized carbons (Fsp3) is 0.368. The van der Waals surface area contributed by atoms with E-state index in [9.17, 15) is 4.79 Å². The molecular formula is C19H22N4O. The third-order valence-electron chi connectivity index (χ3n) is 4.96. The number of benzene rings is 1. The van der Waals surface area contributed by atoms with Gasteiger partial charge in [0.2, 0.25) is 5.91 Å². The first kappa shape index (κ1) is 15.0. The van der Waals surface area contributed by atoms with Crippen molar-refractivity contribution in [1.29, 1.82) is 0 Å². The Morgan fingerprint density at radius 2 is 2.21 bits per heavy atom. The summed E-state index contributed by atoms with van der Waals surface area (Å²) in [6.07, 6.45) is 7.46. The Hall–Kier alpha value is -2.56. The van der Waals surface area contributed by atoms with Gasteiger partial charge in [-0.3, -0.25) is 9.89 Å². The van der Waals surface area contributed by atoms with Crippen molar-refractivity contribution in [2.45, 2.75) is 25.7 Å². The van der Waals surface area contributed by atoms with E-state index in [0.29, 0.717) is 12.3 Å². The third-order valence-corrected chi connectivity index (χ3v) is 4.96. The van der Waals surface area contributed by atoms with Gasteiger partial charge in [-0.2, -0.15) is 5.10 Å². The highest BCUT2D eigenvalue weighted by Crippen LogP contribution is 2.23. The van der Waals surface area contributed by atoms with Gasteiger partial charge in [-0.05, 0) is 42.9 Å². The SMILES string of the molecule is O=C(Cc1c[nH]c2ccccc12)N1CCCC(Cc2ccn[nH]2)C1. The van der Waals surface area contributed by atoms with Crippen molar-refractivity contribution in [3.05, 3.63) is 54.0 Å². The number of para-hydroxylation sites is 1. The Balaban J connectivity index is 1.42. The van der Waals surface area contributed by atoms with Crippen LogP contribution in [0.5, 0.6) is 0 Å². The molecule has 3 heterocycles. The molecule has 124 valence electrons. The first-order valence-electron chi connectivity index (χ1n) is 8.60. The van der Waals surface area contributed by atoms with Crippen LogP contribution >= 0.6 is 0 Å². The topological polar surface area (TPSA) is 64.8 Å². The zero-order valence-corrected chi connectivity index (χ0v) is 13.7. The van der Waals surface area contributed by atoms with Crippen LogP contribution in [-0.4, -0.2) is 39.1 Å². The van der Waals surface area contributed by atoms with E-state index in [1.54, 1.807) is 6.20 Å². The summed E-state index contributed by atoms with van der Waals surface area (Å²) < 4.78 is 0. The van der Waals surface area contributed by atoms with Gasteiger partial charge in [-0.1, -0.05) is 18.2 Å². The molecule has 0 spiro atoms. The maximum atomic E-state index is 12.7. The van der Waals surface area contributed by atoms with E-state index >= 15 is 0 Å². The monoisotopic (exact) mass is 322 g/mol. The lowest BCUT2D eigenvalue weighted by Gasteiger charge is -2.32. The predicted octanol–water partition coefficient (Wildman–Crippen LogP) is 2.91. The van der Waals surface area contributed by atoms with E-state index in [1.807, 2.05) is 35.4 Å². The molecule has 1 atom stereocenters. The largest absolute Gasteiger partial charge is 0.361 e. The second-order valence-electron chi connectivity index (χ2n) is 6.67. The fourth-order valence-electron chi connectivity index (χ4n) is 3.72. The molecule has 24 heavy (non-hydrogen) atoms. The van der Waals surface area contributed by atoms with Crippen LogP contribution in [0.1, 0.15) is 24.1 Å². The number of aromatic nitrogens is 3. The summed E-state index contributed by atoms with van der Waals surface area (Å²) in [4.78, 5) is 18.0. The minimum absolute atomic E-state index is 0.231. The van der Waals surface area contributed by atoms with E-state index in [1.165, 1.54) is 6.42 Å². The zero-order chi connectivity index (χ0) is 16.4. The smallest absolute Gasteiger partial charge is 0.227 e. The van der Waals surface area contributed by atoms with Crippen molar-refractivity contribution in [3.8, 4) is 0 Å². The Kier molecular flexibility index (Phi) is 4.07. The maximum absolute atomic E-state index is 12.7. The normalized spacial score (nSPS) is 18.2. The van der Waals surface area contributed by atoms with Crippen LogP contribution in [0.15, 0.2) is 42.7 Å². The fourth-order valence-corrected chi connectivity index (χ4v) is 3.72. The van der Waals surface area contributed by atoms with Crippen molar-refractivity contribution in [2.24, 2.45) is 5.92 Å². The molecule has 1 fully saturated rings. The minimum Gasteiger partial charge on any atom is -0.361 e. The molecule has 1 aliphatic rings. The van der Waals surface area contributed by atoms with E-state index in [0.717, 1.165) is 48.1 Å². The number of nitrogens with zero attached hydrogens (tertiary/aromatic N) is 2. The van der Waals surface area contributed by atoms with E-state index in [2.05, 4.69) is 21.2 Å². The molecule has 2 aromatic heterocycles. The Morgan fingerprint density at radius 3 is 3.08 bits per heavy atom. The highest BCUT2D eigenvalue weighted by atomic mass is 16.2. The molecule has 0 saturated carbocycles. The van der Waals surface area contributed by atoms with Crippen molar-refractivity contribution in [3.63, 3.8) is 0 Å². The molecule has 4 rings (SSSR count). The number of rotatable bonds is 4. The standard InChI is InChI=1S/C19H22N4O/c24-19(11-15-12-20-18-6-2-1-5-17(15)18)23-9-3-4-14(13-23)10-16-7-8-21-22-16/h1-2,5-8,12,14,20H,3-4,9-11,13H2,(H,21,22). The van der Waals surface area contributed by atoms with Gasteiger partial charge in [0, 0.05) is 42.1 Å². The van der Waals surface area contributed by atoms with Crippen LogP contribution in [0.3, 0.4) is 0 Å². The van der Waals surface area contributed by atoms with Gasteiger partial charge in [0.05, 0.1) is 6.42 Å². The average Bonchev–Trinajstić information content (AvgIpc) is 3.25. The van der Waals surface area contributed by atoms with E-state index in [-0.39, 0.29) is 5.91 Å². The number of piperidine rings is 1. The van der Waals surface area contributed by atoms with Gasteiger partial charge in [0.1, 0.15) is 0 Å². The lowest BCUT2D eigenvalue weighted by atomic mass is 9.93. The number of nitrogens with one attached hydrogen (secondary N) is 2. The number of aromatic amines is 2. The highest BCUT2D eigenvalue weighted by molar-refractivity contribution is 5.88. The van der Waals surface area contributed by atoms with E-state index in [4.69, 9.17) is 0 Å². The number of carbonyl (C=O) groups excluding carboxylic acids is 1. The minimum atomic E-state index is 0.231. The van der Waals surface area contributed by atoms with Gasteiger partial charge < -0.3 is 9.88 Å². The Labute approximate surface area is 141 Å². The van der Waals surface area contributed by atoms with Gasteiger partial charge in [0.15, 0.2) is 0 Å². The van der Waals surface area contributed by atoms with Crippen molar-refractivity contribution < 1.29 is 4.79 Å². The molecule has 5 heteroatoms. The van der Waals surface area contributed by atoms with Gasteiger partial charge in [-0.25, -0.2) is 0 Å². The number of amides is 1. The van der Waals surface area contributed by atoms with E-state index < -0.39 is 0 Å². The third kappa shape index (κ3) is 3.07. The highest BCUT2D eigenvalue weighted by Gasteiger charge is 2.24.